The number of sulfonamides is 1. The molecule has 1 aromatic heterocycles. The van der Waals surface area contributed by atoms with Crippen molar-refractivity contribution >= 4 is 37.3 Å². The van der Waals surface area contributed by atoms with Crippen molar-refractivity contribution in [2.24, 2.45) is 0 Å². The van der Waals surface area contributed by atoms with Crippen molar-refractivity contribution in [3.63, 3.8) is 0 Å². The highest BCUT2D eigenvalue weighted by molar-refractivity contribution is 9.11. The van der Waals surface area contributed by atoms with Crippen molar-refractivity contribution < 1.29 is 17.5 Å². The van der Waals surface area contributed by atoms with Gasteiger partial charge in [-0.2, -0.15) is 0 Å². The first-order valence-corrected chi connectivity index (χ1v) is 8.70. The highest BCUT2D eigenvalue weighted by Crippen LogP contribution is 2.25. The van der Waals surface area contributed by atoms with E-state index in [0.29, 0.717) is 5.75 Å². The van der Waals surface area contributed by atoms with Crippen molar-refractivity contribution in [1.82, 2.24) is 4.72 Å². The van der Waals surface area contributed by atoms with Crippen LogP contribution in [0.25, 0.3) is 0 Å². The summed E-state index contributed by atoms with van der Waals surface area (Å²) in [6.45, 7) is 0.298. The Bertz CT molecular complexity index is 670. The second-order valence-electron chi connectivity index (χ2n) is 3.76. The largest absolute Gasteiger partial charge is 0.492 e. The van der Waals surface area contributed by atoms with Gasteiger partial charge in [-0.3, -0.25) is 0 Å². The van der Waals surface area contributed by atoms with Crippen LogP contribution in [0.2, 0.25) is 0 Å². The molecule has 0 saturated carbocycles. The molecule has 0 atom stereocenters. The van der Waals surface area contributed by atoms with E-state index in [2.05, 4.69) is 20.7 Å². The number of halogens is 2. The van der Waals surface area contributed by atoms with Crippen molar-refractivity contribution in [3.05, 3.63) is 46.0 Å². The summed E-state index contributed by atoms with van der Waals surface area (Å²) >= 11 is 4.35. The number of ether oxygens (including phenoxy) is 1. The minimum atomic E-state index is -3.50. The first-order chi connectivity index (χ1) is 9.47. The molecular weight excluding hydrogens is 369 g/mol. The quantitative estimate of drug-likeness (QED) is 0.784. The monoisotopic (exact) mass is 379 g/mol. The number of hydrogen-bond donors (Lipinski definition) is 1. The molecule has 0 aliphatic heterocycles. The molecule has 1 heterocycles. The summed E-state index contributed by atoms with van der Waals surface area (Å²) in [5.74, 6) is 0.144. The number of thiophene rings is 1. The normalized spacial score (nSPS) is 11.5. The van der Waals surface area contributed by atoms with Crippen LogP contribution in [0.15, 0.2) is 44.4 Å². The molecule has 0 unspecified atom stereocenters. The van der Waals surface area contributed by atoms with Gasteiger partial charge in [0.2, 0.25) is 10.0 Å². The zero-order valence-corrected chi connectivity index (χ0v) is 13.4. The fraction of sp³-hybridized carbons (Fsp3) is 0.167. The SMILES string of the molecule is O=S(=O)(NCCOc1ccc(F)cc1)c1ccc(Br)s1. The fourth-order valence-electron chi connectivity index (χ4n) is 1.39. The molecule has 0 aliphatic rings. The lowest BCUT2D eigenvalue weighted by atomic mass is 10.3. The predicted molar refractivity (Wildman–Crippen MR) is 79.1 cm³/mol. The summed E-state index contributed by atoms with van der Waals surface area (Å²) in [7, 11) is -3.50. The molecule has 0 radical (unpaired) electrons. The van der Waals surface area contributed by atoms with Gasteiger partial charge in [0.1, 0.15) is 22.4 Å². The Hall–Kier alpha value is -0.960. The van der Waals surface area contributed by atoms with Crippen molar-refractivity contribution in [1.29, 1.82) is 0 Å². The lowest BCUT2D eigenvalue weighted by molar-refractivity contribution is 0.322. The minimum absolute atomic E-state index is 0.134. The second kappa shape index (κ2) is 6.66. The van der Waals surface area contributed by atoms with E-state index in [1.54, 1.807) is 6.07 Å². The van der Waals surface area contributed by atoms with Crippen LogP contribution in [-0.4, -0.2) is 21.6 Å². The number of hydrogen-bond acceptors (Lipinski definition) is 4. The van der Waals surface area contributed by atoms with Gasteiger partial charge in [0.15, 0.2) is 0 Å². The lowest BCUT2D eigenvalue weighted by Crippen LogP contribution is -2.27. The Balaban J connectivity index is 1.82. The van der Waals surface area contributed by atoms with E-state index >= 15 is 0 Å². The molecule has 20 heavy (non-hydrogen) atoms. The molecule has 2 rings (SSSR count). The van der Waals surface area contributed by atoms with Crippen LogP contribution in [0.3, 0.4) is 0 Å². The molecule has 0 amide bonds. The van der Waals surface area contributed by atoms with Crippen molar-refractivity contribution in [2.75, 3.05) is 13.2 Å². The third kappa shape index (κ3) is 4.27. The smallest absolute Gasteiger partial charge is 0.250 e. The number of rotatable bonds is 6. The molecule has 0 fully saturated rings. The van der Waals surface area contributed by atoms with E-state index in [0.717, 1.165) is 15.1 Å². The molecule has 108 valence electrons. The molecular formula is C12H11BrFNO3S2. The zero-order valence-electron chi connectivity index (χ0n) is 10.2. The van der Waals surface area contributed by atoms with Gasteiger partial charge < -0.3 is 4.74 Å². The molecule has 1 aromatic carbocycles. The van der Waals surface area contributed by atoms with Crippen LogP contribution in [0.4, 0.5) is 4.39 Å². The van der Waals surface area contributed by atoms with Crippen LogP contribution in [-0.2, 0) is 10.0 Å². The summed E-state index contributed by atoms with van der Waals surface area (Å²) in [5, 5.41) is 0. The maximum Gasteiger partial charge on any atom is 0.250 e. The second-order valence-corrected chi connectivity index (χ2v) is 8.22. The first kappa shape index (κ1) is 15.4. The summed E-state index contributed by atoms with van der Waals surface area (Å²) in [6, 6.07) is 8.73. The van der Waals surface area contributed by atoms with Crippen LogP contribution in [0.5, 0.6) is 5.75 Å². The minimum Gasteiger partial charge on any atom is -0.492 e. The predicted octanol–water partition coefficient (Wildman–Crippen LogP) is 3.01. The highest BCUT2D eigenvalue weighted by Gasteiger charge is 2.15. The van der Waals surface area contributed by atoms with E-state index in [1.165, 1.54) is 30.3 Å². The molecule has 1 N–H and O–H groups in total. The molecule has 8 heteroatoms. The lowest BCUT2D eigenvalue weighted by Gasteiger charge is -2.07. The van der Waals surface area contributed by atoms with Gasteiger partial charge in [-0.05, 0) is 52.3 Å². The van der Waals surface area contributed by atoms with Crippen LogP contribution >= 0.6 is 27.3 Å². The number of benzene rings is 1. The molecule has 2 aromatic rings. The number of nitrogens with one attached hydrogen (secondary N) is 1. The van der Waals surface area contributed by atoms with E-state index in [1.807, 2.05) is 0 Å². The van der Waals surface area contributed by atoms with E-state index in [-0.39, 0.29) is 23.2 Å². The summed E-state index contributed by atoms with van der Waals surface area (Å²) in [6.07, 6.45) is 0. The van der Waals surface area contributed by atoms with Crippen LogP contribution < -0.4 is 9.46 Å². The van der Waals surface area contributed by atoms with Gasteiger partial charge in [-0.25, -0.2) is 17.5 Å². The maximum atomic E-state index is 12.7. The Labute approximate surface area is 128 Å². The standard InChI is InChI=1S/C12H11BrFNO3S2/c13-11-5-6-12(19-11)20(16,17)15-7-8-18-10-3-1-9(14)2-4-10/h1-6,15H,7-8H2. The summed E-state index contributed by atoms with van der Waals surface area (Å²) in [5.41, 5.74) is 0. The molecule has 0 aliphatic carbocycles. The Morgan fingerprint density at radius 2 is 1.90 bits per heavy atom. The van der Waals surface area contributed by atoms with Gasteiger partial charge in [-0.1, -0.05) is 0 Å². The average Bonchev–Trinajstić information content (AvgIpc) is 2.84. The third-order valence-electron chi connectivity index (χ3n) is 2.29. The molecule has 0 saturated heterocycles. The first-order valence-electron chi connectivity index (χ1n) is 5.61. The molecule has 4 nitrogen and oxygen atoms in total. The maximum absolute atomic E-state index is 12.7. The van der Waals surface area contributed by atoms with Crippen molar-refractivity contribution in [3.8, 4) is 5.75 Å². The van der Waals surface area contributed by atoms with E-state index in [9.17, 15) is 12.8 Å². The fourth-order valence-corrected chi connectivity index (χ4v) is 4.46. The van der Waals surface area contributed by atoms with Gasteiger partial charge in [0.05, 0.1) is 3.79 Å². The third-order valence-corrected chi connectivity index (χ3v) is 5.87. The van der Waals surface area contributed by atoms with Gasteiger partial charge in [-0.15, -0.1) is 11.3 Å². The Morgan fingerprint density at radius 3 is 2.50 bits per heavy atom. The van der Waals surface area contributed by atoms with Gasteiger partial charge in [0, 0.05) is 6.54 Å². The van der Waals surface area contributed by atoms with E-state index in [4.69, 9.17) is 4.74 Å². The summed E-state index contributed by atoms with van der Waals surface area (Å²) in [4.78, 5) is 0. The molecule has 0 spiro atoms. The average molecular weight is 380 g/mol. The Morgan fingerprint density at radius 1 is 1.20 bits per heavy atom. The van der Waals surface area contributed by atoms with Gasteiger partial charge in [0.25, 0.3) is 0 Å². The van der Waals surface area contributed by atoms with Crippen LogP contribution in [0, 0.1) is 5.82 Å². The summed E-state index contributed by atoms with van der Waals surface area (Å²) < 4.78 is 45.1. The highest BCUT2D eigenvalue weighted by atomic mass is 79.9. The van der Waals surface area contributed by atoms with Crippen molar-refractivity contribution in [2.45, 2.75) is 4.21 Å². The topological polar surface area (TPSA) is 55.4 Å². The van der Waals surface area contributed by atoms with Crippen LogP contribution in [0.1, 0.15) is 0 Å². The zero-order chi connectivity index (χ0) is 14.6. The molecule has 0 bridgehead atoms. The Kier molecular flexibility index (Phi) is 5.14. The van der Waals surface area contributed by atoms with E-state index < -0.39 is 10.0 Å². The van der Waals surface area contributed by atoms with Gasteiger partial charge >= 0.3 is 0 Å².